The fraction of sp³-hybridized carbons (Fsp3) is 0.600. The number of aliphatic hydroxyl groups is 1. The van der Waals surface area contributed by atoms with E-state index in [0.717, 1.165) is 0 Å². The van der Waals surface area contributed by atoms with Crippen molar-refractivity contribution in [2.75, 3.05) is 0 Å². The number of imide groups is 1. The molecule has 5 nitrogen and oxygen atoms in total. The lowest BCUT2D eigenvalue weighted by Crippen LogP contribution is -2.41. The normalized spacial score (nSPS) is 12.2. The van der Waals surface area contributed by atoms with Crippen molar-refractivity contribution in [3.63, 3.8) is 0 Å². The summed E-state index contributed by atoms with van der Waals surface area (Å²) in [5.41, 5.74) is 4.60. The van der Waals surface area contributed by atoms with Crippen molar-refractivity contribution < 1.29 is 14.7 Å². The molecule has 0 aliphatic rings. The van der Waals surface area contributed by atoms with E-state index in [9.17, 15) is 9.59 Å². The number of nitrogens with two attached hydrogens (primary N) is 1. The number of rotatable bonds is 2. The molecule has 0 aromatic carbocycles. The Morgan fingerprint density at radius 1 is 1.70 bits per heavy atom. The number of hydrogen-bond acceptors (Lipinski definition) is 3. The van der Waals surface area contributed by atoms with Crippen LogP contribution >= 0.6 is 0 Å². The molecular weight excluding hydrogens is 136 g/mol. The SMILES string of the molecule is CCC(O)C(=O)NC(N)=O. The third kappa shape index (κ3) is 3.03. The molecule has 0 aliphatic heterocycles. The monoisotopic (exact) mass is 146 g/mol. The number of carbonyl (C=O) groups is 2. The van der Waals surface area contributed by atoms with Gasteiger partial charge in [-0.05, 0) is 6.42 Å². The third-order valence-electron chi connectivity index (χ3n) is 0.936. The highest BCUT2D eigenvalue weighted by Crippen LogP contribution is 1.87. The molecule has 0 radical (unpaired) electrons. The molecule has 0 aromatic heterocycles. The topological polar surface area (TPSA) is 92.4 Å². The summed E-state index contributed by atoms with van der Waals surface area (Å²) in [7, 11) is 0. The highest BCUT2D eigenvalue weighted by molar-refractivity contribution is 5.95. The van der Waals surface area contributed by atoms with Gasteiger partial charge in [-0.15, -0.1) is 0 Å². The third-order valence-corrected chi connectivity index (χ3v) is 0.936. The Kier molecular flexibility index (Phi) is 3.42. The number of primary amides is 1. The summed E-state index contributed by atoms with van der Waals surface area (Å²) in [6.45, 7) is 1.62. The fourth-order valence-electron chi connectivity index (χ4n) is 0.390. The molecule has 0 heterocycles. The van der Waals surface area contributed by atoms with Crippen molar-refractivity contribution >= 4 is 11.9 Å². The molecule has 10 heavy (non-hydrogen) atoms. The molecule has 0 spiro atoms. The lowest BCUT2D eigenvalue weighted by Gasteiger charge is -2.04. The lowest BCUT2D eigenvalue weighted by atomic mass is 10.3. The Labute approximate surface area is 58.2 Å². The molecule has 0 fully saturated rings. The van der Waals surface area contributed by atoms with Crippen molar-refractivity contribution in [1.82, 2.24) is 5.32 Å². The Morgan fingerprint density at radius 2 is 2.20 bits per heavy atom. The van der Waals surface area contributed by atoms with Gasteiger partial charge in [0.15, 0.2) is 0 Å². The van der Waals surface area contributed by atoms with Gasteiger partial charge in [-0.1, -0.05) is 6.92 Å². The molecule has 0 aliphatic carbocycles. The van der Waals surface area contributed by atoms with E-state index in [2.05, 4.69) is 5.73 Å². The van der Waals surface area contributed by atoms with Crippen LogP contribution in [0.1, 0.15) is 13.3 Å². The summed E-state index contributed by atoms with van der Waals surface area (Å²) in [6.07, 6.45) is -0.883. The molecule has 0 saturated carbocycles. The number of aliphatic hydroxyl groups excluding tert-OH is 1. The second-order valence-electron chi connectivity index (χ2n) is 1.78. The van der Waals surface area contributed by atoms with E-state index >= 15 is 0 Å². The summed E-state index contributed by atoms with van der Waals surface area (Å²) in [6, 6.07) is -0.947. The number of amides is 3. The van der Waals surface area contributed by atoms with Crippen LogP contribution in [0.2, 0.25) is 0 Å². The van der Waals surface area contributed by atoms with Crippen LogP contribution in [-0.2, 0) is 4.79 Å². The van der Waals surface area contributed by atoms with Crippen LogP contribution in [0.4, 0.5) is 4.79 Å². The zero-order valence-corrected chi connectivity index (χ0v) is 5.63. The molecule has 0 bridgehead atoms. The second kappa shape index (κ2) is 3.84. The Hall–Kier alpha value is -1.10. The summed E-state index contributed by atoms with van der Waals surface area (Å²) < 4.78 is 0. The first kappa shape index (κ1) is 8.90. The van der Waals surface area contributed by atoms with Crippen molar-refractivity contribution in [3.05, 3.63) is 0 Å². The van der Waals surface area contributed by atoms with Gasteiger partial charge in [0.1, 0.15) is 6.10 Å². The van der Waals surface area contributed by atoms with Crippen LogP contribution in [0.3, 0.4) is 0 Å². The van der Waals surface area contributed by atoms with Gasteiger partial charge < -0.3 is 10.8 Å². The maximum Gasteiger partial charge on any atom is 0.318 e. The van der Waals surface area contributed by atoms with E-state index in [1.54, 1.807) is 12.2 Å². The molecule has 0 rings (SSSR count). The fourth-order valence-corrected chi connectivity index (χ4v) is 0.390. The van der Waals surface area contributed by atoms with Gasteiger partial charge >= 0.3 is 6.03 Å². The largest absolute Gasteiger partial charge is 0.383 e. The molecule has 0 saturated heterocycles. The van der Waals surface area contributed by atoms with Crippen LogP contribution in [0.15, 0.2) is 0 Å². The predicted octanol–water partition coefficient (Wildman–Crippen LogP) is -1.05. The van der Waals surface area contributed by atoms with E-state index in [4.69, 9.17) is 5.11 Å². The smallest absolute Gasteiger partial charge is 0.318 e. The number of carbonyl (C=O) groups excluding carboxylic acids is 2. The van der Waals surface area contributed by atoms with Gasteiger partial charge in [-0.3, -0.25) is 10.1 Å². The first-order chi connectivity index (χ1) is 4.57. The van der Waals surface area contributed by atoms with Crippen molar-refractivity contribution in [2.45, 2.75) is 19.4 Å². The summed E-state index contributed by atoms with van der Waals surface area (Å²) >= 11 is 0. The van der Waals surface area contributed by atoms with Gasteiger partial charge in [0.2, 0.25) is 0 Å². The maximum absolute atomic E-state index is 10.5. The van der Waals surface area contributed by atoms with Crippen molar-refractivity contribution in [3.8, 4) is 0 Å². The van der Waals surface area contributed by atoms with Crippen LogP contribution in [0, 0.1) is 0 Å². The van der Waals surface area contributed by atoms with Gasteiger partial charge in [-0.25, -0.2) is 4.79 Å². The predicted molar refractivity (Wildman–Crippen MR) is 34.0 cm³/mol. The molecule has 3 amide bonds. The zero-order chi connectivity index (χ0) is 8.15. The minimum absolute atomic E-state index is 0.263. The molecule has 1 atom stereocenters. The Balaban J connectivity index is 3.73. The van der Waals surface area contributed by atoms with Crippen molar-refractivity contribution in [2.24, 2.45) is 5.73 Å². The van der Waals surface area contributed by atoms with Crippen LogP contribution in [-0.4, -0.2) is 23.1 Å². The molecular formula is C5H10N2O3. The average molecular weight is 146 g/mol. The minimum Gasteiger partial charge on any atom is -0.383 e. The quantitative estimate of drug-likeness (QED) is 0.464. The average Bonchev–Trinajstić information content (AvgIpc) is 1.85. The van der Waals surface area contributed by atoms with Gasteiger partial charge in [0, 0.05) is 0 Å². The van der Waals surface area contributed by atoms with E-state index in [1.807, 2.05) is 0 Å². The Bertz CT molecular complexity index is 146. The minimum atomic E-state index is -1.15. The molecule has 4 N–H and O–H groups in total. The first-order valence-corrected chi connectivity index (χ1v) is 2.86. The highest BCUT2D eigenvalue weighted by Gasteiger charge is 2.12. The first-order valence-electron chi connectivity index (χ1n) is 2.86. The number of urea groups is 1. The molecule has 1 unspecified atom stereocenters. The number of hydrogen-bond donors (Lipinski definition) is 3. The molecule has 58 valence electrons. The summed E-state index contributed by atoms with van der Waals surface area (Å²) in [4.78, 5) is 20.5. The molecule has 5 heteroatoms. The lowest BCUT2D eigenvalue weighted by molar-refractivity contribution is -0.128. The standard InChI is InChI=1S/C5H10N2O3/c1-2-3(8)4(9)7-5(6)10/h3,8H,2H2,1H3,(H3,6,7,9,10). The summed E-state index contributed by atoms with van der Waals surface area (Å²) in [5.74, 6) is -0.755. The van der Waals surface area contributed by atoms with Gasteiger partial charge in [-0.2, -0.15) is 0 Å². The second-order valence-corrected chi connectivity index (χ2v) is 1.78. The van der Waals surface area contributed by atoms with Crippen LogP contribution < -0.4 is 11.1 Å². The highest BCUT2D eigenvalue weighted by atomic mass is 16.3. The summed E-state index contributed by atoms with van der Waals surface area (Å²) in [5, 5.41) is 10.5. The van der Waals surface area contributed by atoms with E-state index in [-0.39, 0.29) is 6.42 Å². The number of nitrogens with one attached hydrogen (secondary N) is 1. The van der Waals surface area contributed by atoms with Crippen LogP contribution in [0.25, 0.3) is 0 Å². The Morgan fingerprint density at radius 3 is 2.50 bits per heavy atom. The van der Waals surface area contributed by atoms with E-state index in [0.29, 0.717) is 0 Å². The van der Waals surface area contributed by atoms with E-state index < -0.39 is 18.0 Å². The van der Waals surface area contributed by atoms with Gasteiger partial charge in [0.05, 0.1) is 0 Å². The zero-order valence-electron chi connectivity index (χ0n) is 5.63. The van der Waals surface area contributed by atoms with E-state index in [1.165, 1.54) is 0 Å². The van der Waals surface area contributed by atoms with Crippen molar-refractivity contribution in [1.29, 1.82) is 0 Å². The van der Waals surface area contributed by atoms with Gasteiger partial charge in [0.25, 0.3) is 5.91 Å². The maximum atomic E-state index is 10.5. The van der Waals surface area contributed by atoms with Crippen LogP contribution in [0.5, 0.6) is 0 Å². The molecule has 0 aromatic rings.